The molecule has 11 heteroatoms. The first kappa shape index (κ1) is 24.3. The normalized spacial score (nSPS) is 25.3. The number of hydroxylamine groups is 1. The average molecular weight is 439 g/mol. The number of benzene rings is 1. The number of esters is 3. The molecular weight excluding hydrogens is 414 g/mol. The number of rotatable bonds is 7. The van der Waals surface area contributed by atoms with Crippen LogP contribution in [0.2, 0.25) is 0 Å². The van der Waals surface area contributed by atoms with Crippen molar-refractivity contribution in [2.24, 2.45) is 0 Å². The zero-order valence-electron chi connectivity index (χ0n) is 17.5. The molecular formula is C20H25NO10. The molecule has 0 radical (unpaired) electrons. The van der Waals surface area contributed by atoms with Gasteiger partial charge in [-0.2, -0.15) is 5.06 Å². The highest BCUT2D eigenvalue weighted by atomic mass is 16.8. The van der Waals surface area contributed by atoms with Crippen molar-refractivity contribution in [2.45, 2.75) is 58.4 Å². The molecule has 1 saturated heterocycles. The highest BCUT2D eigenvalue weighted by Gasteiger charge is 2.53. The van der Waals surface area contributed by atoms with Gasteiger partial charge in [-0.3, -0.25) is 19.2 Å². The highest BCUT2D eigenvalue weighted by Crippen LogP contribution is 2.31. The van der Waals surface area contributed by atoms with E-state index in [4.69, 9.17) is 23.8 Å². The summed E-state index contributed by atoms with van der Waals surface area (Å²) in [5.74, 6) is -2.79. The van der Waals surface area contributed by atoms with Crippen LogP contribution in [0.3, 0.4) is 0 Å². The maximum Gasteiger partial charge on any atom is 0.303 e. The number of hydrogen-bond donors (Lipinski definition) is 1. The second-order valence-corrected chi connectivity index (χ2v) is 6.70. The van der Waals surface area contributed by atoms with Crippen molar-refractivity contribution >= 4 is 29.5 Å². The van der Waals surface area contributed by atoms with Gasteiger partial charge in [-0.25, -0.2) is 4.84 Å². The Balaban J connectivity index is 2.45. The van der Waals surface area contributed by atoms with Gasteiger partial charge in [-0.05, 0) is 12.1 Å². The van der Waals surface area contributed by atoms with E-state index in [9.17, 15) is 24.3 Å². The topological polar surface area (TPSA) is 138 Å². The Hall–Kier alpha value is -3.02. The molecule has 1 aromatic carbocycles. The maximum atomic E-state index is 12.2. The van der Waals surface area contributed by atoms with E-state index in [-0.39, 0.29) is 0 Å². The lowest BCUT2D eigenvalue weighted by molar-refractivity contribution is -0.308. The molecule has 1 aliphatic rings. The van der Waals surface area contributed by atoms with Gasteiger partial charge in [0.1, 0.15) is 6.10 Å². The maximum absolute atomic E-state index is 12.2. The number of carbonyl (C=O) groups is 4. The van der Waals surface area contributed by atoms with Crippen LogP contribution in [0, 0.1) is 0 Å². The van der Waals surface area contributed by atoms with Crippen molar-refractivity contribution in [1.29, 1.82) is 0 Å². The standard InChI is InChI=1S/C20H25NO10/c1-11(23)21(15-8-6-5-7-9-15)31-20-19(29-14(4)26)18(28-13(3)25)17(27-12(2)24)16(10-22)30-20/h5-9,16-20,22H,10H2,1-4H3/t16-,17-,18+,19-,20+/m1/s1. The highest BCUT2D eigenvalue weighted by molar-refractivity contribution is 5.89. The fourth-order valence-electron chi connectivity index (χ4n) is 3.07. The predicted octanol–water partition coefficient (Wildman–Crippen LogP) is 0.483. The molecule has 0 spiro atoms. The summed E-state index contributed by atoms with van der Waals surface area (Å²) in [5, 5.41) is 10.7. The minimum absolute atomic E-state index is 0.354. The van der Waals surface area contributed by atoms with Gasteiger partial charge < -0.3 is 24.1 Å². The number of anilines is 1. The Labute approximate surface area is 178 Å². The molecule has 1 N–H and O–H groups in total. The minimum atomic E-state index is -1.48. The number of aliphatic hydroxyl groups excluding tert-OH is 1. The molecule has 0 bridgehead atoms. The summed E-state index contributed by atoms with van der Waals surface area (Å²) in [7, 11) is 0. The van der Waals surface area contributed by atoms with Gasteiger partial charge >= 0.3 is 17.9 Å². The largest absolute Gasteiger partial charge is 0.456 e. The number of amides is 1. The van der Waals surface area contributed by atoms with Gasteiger partial charge in [0.2, 0.25) is 12.2 Å². The Kier molecular flexibility index (Phi) is 8.48. The first-order valence-electron chi connectivity index (χ1n) is 9.44. The van der Waals surface area contributed by atoms with Gasteiger partial charge in [0.05, 0.1) is 12.3 Å². The smallest absolute Gasteiger partial charge is 0.303 e. The third-order valence-electron chi connectivity index (χ3n) is 4.16. The van der Waals surface area contributed by atoms with Crippen molar-refractivity contribution in [3.05, 3.63) is 30.3 Å². The Morgan fingerprint density at radius 3 is 1.87 bits per heavy atom. The van der Waals surface area contributed by atoms with Crippen molar-refractivity contribution < 1.29 is 48.1 Å². The Morgan fingerprint density at radius 1 is 0.871 bits per heavy atom. The molecule has 170 valence electrons. The summed E-state index contributed by atoms with van der Waals surface area (Å²) in [6.07, 6.45) is -6.76. The molecule has 1 aromatic rings. The summed E-state index contributed by atoms with van der Waals surface area (Å²) in [6, 6.07) is 8.28. The Morgan fingerprint density at radius 2 is 1.39 bits per heavy atom. The van der Waals surface area contributed by atoms with E-state index in [0.717, 1.165) is 25.8 Å². The average Bonchev–Trinajstić information content (AvgIpc) is 2.69. The van der Waals surface area contributed by atoms with Crippen LogP contribution in [0.25, 0.3) is 0 Å². The van der Waals surface area contributed by atoms with Gasteiger partial charge in [-0.15, -0.1) is 0 Å². The first-order valence-corrected chi connectivity index (χ1v) is 9.44. The van der Waals surface area contributed by atoms with Crippen LogP contribution in [0.1, 0.15) is 27.7 Å². The zero-order chi connectivity index (χ0) is 23.1. The number of para-hydroxylation sites is 1. The van der Waals surface area contributed by atoms with E-state index >= 15 is 0 Å². The molecule has 1 aliphatic heterocycles. The zero-order valence-corrected chi connectivity index (χ0v) is 17.5. The number of hydrogen-bond acceptors (Lipinski definition) is 10. The third kappa shape index (κ3) is 6.48. The fourth-order valence-corrected chi connectivity index (χ4v) is 3.07. The van der Waals surface area contributed by atoms with Crippen LogP contribution in [0.4, 0.5) is 5.69 Å². The van der Waals surface area contributed by atoms with Gasteiger partial charge in [0, 0.05) is 27.7 Å². The van der Waals surface area contributed by atoms with Crippen LogP contribution in [0.5, 0.6) is 0 Å². The lowest BCUT2D eigenvalue weighted by Gasteiger charge is -2.44. The molecule has 0 aromatic heterocycles. The van der Waals surface area contributed by atoms with E-state index in [1.165, 1.54) is 6.92 Å². The van der Waals surface area contributed by atoms with E-state index in [2.05, 4.69) is 0 Å². The number of aliphatic hydroxyl groups is 1. The summed E-state index contributed by atoms with van der Waals surface area (Å²) < 4.78 is 21.4. The lowest BCUT2D eigenvalue weighted by atomic mass is 9.98. The van der Waals surface area contributed by atoms with Gasteiger partial charge in [-0.1, -0.05) is 18.2 Å². The predicted molar refractivity (Wildman–Crippen MR) is 103 cm³/mol. The van der Waals surface area contributed by atoms with Crippen LogP contribution in [0.15, 0.2) is 30.3 Å². The SMILES string of the molecule is CC(=O)O[C@@H]1[C@@H](OC(C)=O)[C@H](ON(C(C)=O)c2ccccc2)O[C@H](CO)[C@H]1OC(C)=O. The molecule has 0 unspecified atom stereocenters. The van der Waals surface area contributed by atoms with E-state index < -0.39 is 61.1 Å². The fraction of sp³-hybridized carbons (Fsp3) is 0.500. The molecule has 31 heavy (non-hydrogen) atoms. The van der Waals surface area contributed by atoms with E-state index in [0.29, 0.717) is 5.69 Å². The first-order chi connectivity index (χ1) is 14.6. The minimum Gasteiger partial charge on any atom is -0.456 e. The number of carbonyl (C=O) groups excluding carboxylic acids is 4. The van der Waals surface area contributed by atoms with Crippen molar-refractivity contribution in [3.63, 3.8) is 0 Å². The molecule has 11 nitrogen and oxygen atoms in total. The molecule has 1 fully saturated rings. The van der Waals surface area contributed by atoms with E-state index in [1.54, 1.807) is 30.3 Å². The van der Waals surface area contributed by atoms with Gasteiger partial charge in [0.25, 0.3) is 0 Å². The molecule has 1 amide bonds. The van der Waals surface area contributed by atoms with E-state index in [1.807, 2.05) is 0 Å². The summed E-state index contributed by atoms with van der Waals surface area (Å²) in [6.45, 7) is 3.94. The second-order valence-electron chi connectivity index (χ2n) is 6.70. The monoisotopic (exact) mass is 439 g/mol. The van der Waals surface area contributed by atoms with Crippen molar-refractivity contribution in [2.75, 3.05) is 11.7 Å². The summed E-state index contributed by atoms with van der Waals surface area (Å²) in [4.78, 5) is 52.9. The van der Waals surface area contributed by atoms with Crippen LogP contribution < -0.4 is 5.06 Å². The van der Waals surface area contributed by atoms with Crippen LogP contribution >= 0.6 is 0 Å². The van der Waals surface area contributed by atoms with Crippen molar-refractivity contribution in [3.8, 4) is 0 Å². The lowest BCUT2D eigenvalue weighted by Crippen LogP contribution is -2.63. The molecule has 2 rings (SSSR count). The third-order valence-corrected chi connectivity index (χ3v) is 4.16. The molecule has 0 saturated carbocycles. The van der Waals surface area contributed by atoms with Crippen LogP contribution in [-0.4, -0.2) is 66.2 Å². The molecule has 0 aliphatic carbocycles. The van der Waals surface area contributed by atoms with Gasteiger partial charge in [0.15, 0.2) is 18.3 Å². The van der Waals surface area contributed by atoms with Crippen LogP contribution in [-0.2, 0) is 43.0 Å². The summed E-state index contributed by atoms with van der Waals surface area (Å²) >= 11 is 0. The number of nitrogens with zero attached hydrogens (tertiary/aromatic N) is 1. The second kappa shape index (κ2) is 10.8. The quantitative estimate of drug-likeness (QED) is 0.363. The molecule has 1 heterocycles. The number of ether oxygens (including phenoxy) is 4. The molecule has 5 atom stereocenters. The Bertz CT molecular complexity index is 798. The summed E-state index contributed by atoms with van der Waals surface area (Å²) in [5.41, 5.74) is 0.354. The van der Waals surface area contributed by atoms with Crippen molar-refractivity contribution in [1.82, 2.24) is 0 Å².